The molecule has 0 amide bonds. The van der Waals surface area contributed by atoms with Gasteiger partial charge in [0.25, 0.3) is 0 Å². The van der Waals surface area contributed by atoms with Crippen LogP contribution < -0.4 is 10.1 Å². The number of nitrogens with one attached hydrogen (secondary N) is 1. The summed E-state index contributed by atoms with van der Waals surface area (Å²) in [5, 5.41) is 3.94. The molecule has 120 valence electrons. The number of hydrogen-bond donors (Lipinski definition) is 1. The van der Waals surface area contributed by atoms with Crippen LogP contribution in [-0.4, -0.2) is 32.6 Å². The third kappa shape index (κ3) is 7.16. The van der Waals surface area contributed by atoms with Crippen molar-refractivity contribution in [3.63, 3.8) is 0 Å². The molecule has 0 aliphatic rings. The number of hydrogen-bond acceptors (Lipinski definition) is 4. The second-order valence-electron chi connectivity index (χ2n) is 5.29. The molecular weight excluding hydrogens is 310 g/mol. The molecule has 1 aromatic carbocycles. The number of sulfone groups is 1. The van der Waals surface area contributed by atoms with Gasteiger partial charge in [-0.2, -0.15) is 0 Å². The standard InChI is InChI=1S/C15H24ClNO3S/c1-4-8-21(18,19)9-7-20-15-6-5-14(16)10-13(15)11-17-12(2)3/h5-6,10,12,17H,4,7-9,11H2,1-3H3. The molecule has 1 rings (SSSR count). The summed E-state index contributed by atoms with van der Waals surface area (Å²) in [6.45, 7) is 6.77. The lowest BCUT2D eigenvalue weighted by atomic mass is 10.2. The third-order valence-electron chi connectivity index (χ3n) is 2.89. The summed E-state index contributed by atoms with van der Waals surface area (Å²) >= 11 is 6.00. The fourth-order valence-corrected chi connectivity index (χ4v) is 3.19. The van der Waals surface area contributed by atoms with Gasteiger partial charge in [-0.1, -0.05) is 32.4 Å². The van der Waals surface area contributed by atoms with Gasteiger partial charge >= 0.3 is 0 Å². The molecule has 21 heavy (non-hydrogen) atoms. The Hall–Kier alpha value is -0.780. The van der Waals surface area contributed by atoms with Crippen molar-refractivity contribution in [3.05, 3.63) is 28.8 Å². The van der Waals surface area contributed by atoms with E-state index in [0.29, 0.717) is 29.8 Å². The predicted octanol–water partition coefficient (Wildman–Crippen LogP) is 3.04. The summed E-state index contributed by atoms with van der Waals surface area (Å²) in [7, 11) is -3.02. The average Bonchev–Trinajstić information content (AvgIpc) is 2.38. The quantitative estimate of drug-likeness (QED) is 0.754. The number of halogens is 1. The van der Waals surface area contributed by atoms with Crippen molar-refractivity contribution in [1.82, 2.24) is 5.32 Å². The third-order valence-corrected chi connectivity index (χ3v) is 4.94. The van der Waals surface area contributed by atoms with Crippen LogP contribution in [0, 0.1) is 0 Å². The Morgan fingerprint density at radius 1 is 1.29 bits per heavy atom. The molecule has 0 unspecified atom stereocenters. The molecule has 0 aliphatic heterocycles. The second kappa shape index (κ2) is 8.61. The van der Waals surface area contributed by atoms with E-state index in [2.05, 4.69) is 19.2 Å². The summed E-state index contributed by atoms with van der Waals surface area (Å²) in [6.07, 6.45) is 0.632. The molecule has 0 aliphatic carbocycles. The first-order valence-corrected chi connectivity index (χ1v) is 9.39. The van der Waals surface area contributed by atoms with E-state index in [-0.39, 0.29) is 18.1 Å². The van der Waals surface area contributed by atoms with Crippen LogP contribution in [-0.2, 0) is 16.4 Å². The van der Waals surface area contributed by atoms with Gasteiger partial charge in [-0.3, -0.25) is 0 Å². The molecule has 0 heterocycles. The molecule has 4 nitrogen and oxygen atoms in total. The number of rotatable bonds is 9. The Kier molecular flexibility index (Phi) is 7.49. The van der Waals surface area contributed by atoms with E-state index in [0.717, 1.165) is 5.56 Å². The van der Waals surface area contributed by atoms with Gasteiger partial charge < -0.3 is 10.1 Å². The zero-order valence-corrected chi connectivity index (χ0v) is 14.4. The minimum atomic E-state index is -3.02. The second-order valence-corrected chi connectivity index (χ2v) is 8.03. The Balaban J connectivity index is 2.65. The molecule has 0 fully saturated rings. The van der Waals surface area contributed by atoms with Gasteiger partial charge in [0, 0.05) is 23.2 Å². The monoisotopic (exact) mass is 333 g/mol. The van der Waals surface area contributed by atoms with Crippen LogP contribution in [0.5, 0.6) is 5.75 Å². The Bertz CT molecular complexity index is 544. The van der Waals surface area contributed by atoms with Gasteiger partial charge in [0.05, 0.1) is 11.5 Å². The van der Waals surface area contributed by atoms with Crippen molar-refractivity contribution in [2.45, 2.75) is 39.8 Å². The summed E-state index contributed by atoms with van der Waals surface area (Å²) in [4.78, 5) is 0. The van der Waals surface area contributed by atoms with Crippen molar-refractivity contribution in [2.24, 2.45) is 0 Å². The first-order chi connectivity index (χ1) is 9.84. The van der Waals surface area contributed by atoms with Crippen molar-refractivity contribution < 1.29 is 13.2 Å². The molecule has 0 aromatic heterocycles. The maximum atomic E-state index is 11.7. The molecule has 0 bridgehead atoms. The lowest BCUT2D eigenvalue weighted by molar-refractivity contribution is 0.335. The molecule has 0 spiro atoms. The lowest BCUT2D eigenvalue weighted by Gasteiger charge is -2.14. The topological polar surface area (TPSA) is 55.4 Å². The molecule has 1 aromatic rings. The van der Waals surface area contributed by atoms with Crippen LogP contribution in [0.25, 0.3) is 0 Å². The number of benzene rings is 1. The summed E-state index contributed by atoms with van der Waals surface area (Å²) in [5.41, 5.74) is 0.934. The predicted molar refractivity (Wildman–Crippen MR) is 87.9 cm³/mol. The zero-order valence-electron chi connectivity index (χ0n) is 12.9. The Labute approximate surface area is 132 Å². The van der Waals surface area contributed by atoms with E-state index in [4.69, 9.17) is 16.3 Å². The van der Waals surface area contributed by atoms with Crippen LogP contribution in [0.4, 0.5) is 0 Å². The molecular formula is C15H24ClNO3S. The Morgan fingerprint density at radius 2 is 2.00 bits per heavy atom. The van der Waals surface area contributed by atoms with Crippen molar-refractivity contribution in [2.75, 3.05) is 18.1 Å². The molecule has 0 saturated carbocycles. The van der Waals surface area contributed by atoms with E-state index in [1.807, 2.05) is 13.0 Å². The van der Waals surface area contributed by atoms with Crippen molar-refractivity contribution in [3.8, 4) is 5.75 Å². The van der Waals surface area contributed by atoms with Gasteiger partial charge in [-0.05, 0) is 24.6 Å². The highest BCUT2D eigenvalue weighted by atomic mass is 35.5. The first kappa shape index (κ1) is 18.3. The highest BCUT2D eigenvalue weighted by Gasteiger charge is 2.11. The highest BCUT2D eigenvalue weighted by molar-refractivity contribution is 7.91. The minimum absolute atomic E-state index is 0.0422. The lowest BCUT2D eigenvalue weighted by Crippen LogP contribution is -2.22. The fraction of sp³-hybridized carbons (Fsp3) is 0.600. The summed E-state index contributed by atoms with van der Waals surface area (Å²) < 4.78 is 29.0. The van der Waals surface area contributed by atoms with Gasteiger partial charge in [0.1, 0.15) is 12.4 Å². The minimum Gasteiger partial charge on any atom is -0.492 e. The van der Waals surface area contributed by atoms with Gasteiger partial charge in [-0.15, -0.1) is 0 Å². The zero-order chi connectivity index (χ0) is 15.9. The van der Waals surface area contributed by atoms with Crippen LogP contribution >= 0.6 is 11.6 Å². The van der Waals surface area contributed by atoms with Gasteiger partial charge in [0.2, 0.25) is 0 Å². The number of ether oxygens (including phenoxy) is 1. The maximum Gasteiger partial charge on any atom is 0.153 e. The van der Waals surface area contributed by atoms with Crippen LogP contribution in [0.15, 0.2) is 18.2 Å². The van der Waals surface area contributed by atoms with E-state index in [9.17, 15) is 8.42 Å². The molecule has 0 atom stereocenters. The van der Waals surface area contributed by atoms with Crippen LogP contribution in [0.2, 0.25) is 5.02 Å². The van der Waals surface area contributed by atoms with E-state index in [1.54, 1.807) is 12.1 Å². The SMILES string of the molecule is CCCS(=O)(=O)CCOc1ccc(Cl)cc1CNC(C)C. The van der Waals surface area contributed by atoms with E-state index < -0.39 is 9.84 Å². The van der Waals surface area contributed by atoms with Gasteiger partial charge in [0.15, 0.2) is 9.84 Å². The highest BCUT2D eigenvalue weighted by Crippen LogP contribution is 2.23. The molecule has 1 N–H and O–H groups in total. The molecule has 0 radical (unpaired) electrons. The summed E-state index contributed by atoms with van der Waals surface area (Å²) in [5.74, 6) is 0.929. The van der Waals surface area contributed by atoms with Crippen LogP contribution in [0.1, 0.15) is 32.8 Å². The maximum absolute atomic E-state index is 11.7. The van der Waals surface area contributed by atoms with Crippen LogP contribution in [0.3, 0.4) is 0 Å². The molecule has 0 saturated heterocycles. The Morgan fingerprint density at radius 3 is 2.62 bits per heavy atom. The summed E-state index contributed by atoms with van der Waals surface area (Å²) in [6, 6.07) is 5.72. The van der Waals surface area contributed by atoms with Gasteiger partial charge in [-0.25, -0.2) is 8.42 Å². The average molecular weight is 334 g/mol. The first-order valence-electron chi connectivity index (χ1n) is 7.19. The van der Waals surface area contributed by atoms with E-state index in [1.165, 1.54) is 0 Å². The molecule has 6 heteroatoms. The van der Waals surface area contributed by atoms with E-state index >= 15 is 0 Å². The normalized spacial score (nSPS) is 11.9. The largest absolute Gasteiger partial charge is 0.492 e. The fourth-order valence-electron chi connectivity index (χ4n) is 1.83. The van der Waals surface area contributed by atoms with Crippen molar-refractivity contribution >= 4 is 21.4 Å². The van der Waals surface area contributed by atoms with Crippen molar-refractivity contribution in [1.29, 1.82) is 0 Å². The smallest absolute Gasteiger partial charge is 0.153 e.